The summed E-state index contributed by atoms with van der Waals surface area (Å²) in [5, 5.41) is 8.68. The van der Waals surface area contributed by atoms with Crippen molar-refractivity contribution in [3.05, 3.63) is 27.7 Å². The van der Waals surface area contributed by atoms with Gasteiger partial charge in [-0.25, -0.2) is 9.69 Å². The highest BCUT2D eigenvalue weighted by atomic mass is 35.5. The van der Waals surface area contributed by atoms with Gasteiger partial charge in [0.15, 0.2) is 0 Å². The van der Waals surface area contributed by atoms with E-state index in [-0.39, 0.29) is 34.5 Å². The molecule has 1 aliphatic heterocycles. The van der Waals surface area contributed by atoms with Crippen LogP contribution in [0.5, 0.6) is 0 Å². The number of hydrogen-bond acceptors (Lipinski definition) is 4. The molecule has 0 aliphatic carbocycles. The molecule has 0 radical (unpaired) electrons. The quantitative estimate of drug-likeness (QED) is 0.839. The number of nitrogens with zero attached hydrogens (tertiary/aromatic N) is 1. The Balaban J connectivity index is 2.53. The van der Waals surface area contributed by atoms with Gasteiger partial charge in [0.25, 0.3) is 11.8 Å². The maximum Gasteiger partial charge on any atom is 0.335 e. The van der Waals surface area contributed by atoms with Crippen molar-refractivity contribution < 1.29 is 24.2 Å². The number of morpholine rings is 1. The molecule has 1 aromatic rings. The van der Waals surface area contributed by atoms with Crippen LogP contribution in [0.2, 0.25) is 10.0 Å². The second kappa shape index (κ2) is 5.16. The average Bonchev–Trinajstić information content (AvgIpc) is 2.31. The SMILES string of the molecule is O=C(O)c1cc(Cl)c(N2C(=O)COCC2=O)c(Cl)c1. The second-order valence-electron chi connectivity index (χ2n) is 3.71. The first-order valence-electron chi connectivity index (χ1n) is 5.07. The maximum atomic E-state index is 11.7. The Kier molecular flexibility index (Phi) is 3.75. The predicted octanol–water partition coefficient (Wildman–Crippen LogP) is 1.58. The lowest BCUT2D eigenvalue weighted by Crippen LogP contribution is -2.46. The molecule has 1 aromatic carbocycles. The predicted molar refractivity (Wildman–Crippen MR) is 66.7 cm³/mol. The maximum absolute atomic E-state index is 11.7. The fraction of sp³-hybridized carbons (Fsp3) is 0.182. The Morgan fingerprint density at radius 1 is 1.16 bits per heavy atom. The topological polar surface area (TPSA) is 83.9 Å². The lowest BCUT2D eigenvalue weighted by Gasteiger charge is -2.26. The van der Waals surface area contributed by atoms with Gasteiger partial charge in [0.2, 0.25) is 0 Å². The Morgan fingerprint density at radius 3 is 2.05 bits per heavy atom. The minimum absolute atomic E-state index is 0.0216. The van der Waals surface area contributed by atoms with E-state index in [9.17, 15) is 14.4 Å². The lowest BCUT2D eigenvalue weighted by atomic mass is 10.2. The third-order valence-electron chi connectivity index (χ3n) is 2.44. The number of rotatable bonds is 2. The summed E-state index contributed by atoms with van der Waals surface area (Å²) in [7, 11) is 0. The van der Waals surface area contributed by atoms with Crippen LogP contribution >= 0.6 is 23.2 Å². The van der Waals surface area contributed by atoms with Gasteiger partial charge in [0.1, 0.15) is 13.2 Å². The van der Waals surface area contributed by atoms with E-state index in [1.54, 1.807) is 0 Å². The van der Waals surface area contributed by atoms with Crippen molar-refractivity contribution in [1.82, 2.24) is 0 Å². The zero-order valence-corrected chi connectivity index (χ0v) is 10.9. The minimum atomic E-state index is -1.21. The van der Waals surface area contributed by atoms with Crippen molar-refractivity contribution in [1.29, 1.82) is 0 Å². The number of imide groups is 1. The van der Waals surface area contributed by atoms with Crippen molar-refractivity contribution in [3.63, 3.8) is 0 Å². The Morgan fingerprint density at radius 2 is 1.63 bits per heavy atom. The van der Waals surface area contributed by atoms with Gasteiger partial charge in [0, 0.05) is 0 Å². The zero-order chi connectivity index (χ0) is 14.2. The summed E-state index contributed by atoms with van der Waals surface area (Å²) in [6.07, 6.45) is 0. The number of aromatic carboxylic acids is 1. The first-order valence-corrected chi connectivity index (χ1v) is 5.83. The van der Waals surface area contributed by atoms with Crippen molar-refractivity contribution in [2.24, 2.45) is 0 Å². The molecule has 0 spiro atoms. The molecule has 6 nitrogen and oxygen atoms in total. The van der Waals surface area contributed by atoms with Gasteiger partial charge in [-0.3, -0.25) is 9.59 Å². The number of hydrogen-bond donors (Lipinski definition) is 1. The van der Waals surface area contributed by atoms with E-state index < -0.39 is 17.8 Å². The average molecular weight is 304 g/mol. The standard InChI is InChI=1S/C11H7Cl2NO5/c12-6-1-5(11(17)18)2-7(13)10(6)14-8(15)3-19-4-9(14)16/h1-2H,3-4H2,(H,17,18). The van der Waals surface area contributed by atoms with Gasteiger partial charge in [-0.15, -0.1) is 0 Å². The van der Waals surface area contributed by atoms with Crippen LogP contribution in [0, 0.1) is 0 Å². The van der Waals surface area contributed by atoms with Gasteiger partial charge in [-0.1, -0.05) is 23.2 Å². The highest BCUT2D eigenvalue weighted by Crippen LogP contribution is 2.36. The number of halogens is 2. The molecule has 0 bridgehead atoms. The molecule has 1 saturated heterocycles. The molecular weight excluding hydrogens is 297 g/mol. The molecule has 100 valence electrons. The Hall–Kier alpha value is -1.63. The number of ether oxygens (including phenoxy) is 1. The Labute approximate surface area is 117 Å². The number of anilines is 1. The smallest absolute Gasteiger partial charge is 0.335 e. The number of carbonyl (C=O) groups is 3. The largest absolute Gasteiger partial charge is 0.478 e. The molecule has 1 heterocycles. The van der Waals surface area contributed by atoms with E-state index >= 15 is 0 Å². The number of amides is 2. The van der Waals surface area contributed by atoms with E-state index in [1.165, 1.54) is 0 Å². The van der Waals surface area contributed by atoms with Crippen LogP contribution in [-0.4, -0.2) is 36.1 Å². The fourth-order valence-electron chi connectivity index (χ4n) is 1.65. The van der Waals surface area contributed by atoms with Crippen LogP contribution in [0.15, 0.2) is 12.1 Å². The summed E-state index contributed by atoms with van der Waals surface area (Å²) in [4.78, 5) is 35.0. The summed E-state index contributed by atoms with van der Waals surface area (Å²) in [6.45, 7) is -0.530. The van der Waals surface area contributed by atoms with Crippen LogP contribution in [0.4, 0.5) is 5.69 Å². The van der Waals surface area contributed by atoms with E-state index in [1.807, 2.05) is 0 Å². The van der Waals surface area contributed by atoms with Crippen LogP contribution < -0.4 is 4.90 Å². The molecule has 0 unspecified atom stereocenters. The van der Waals surface area contributed by atoms with Gasteiger partial charge < -0.3 is 9.84 Å². The lowest BCUT2D eigenvalue weighted by molar-refractivity contribution is -0.138. The molecule has 2 amide bonds. The minimum Gasteiger partial charge on any atom is -0.478 e. The molecule has 19 heavy (non-hydrogen) atoms. The third kappa shape index (κ3) is 2.56. The highest BCUT2D eigenvalue weighted by molar-refractivity contribution is 6.42. The van der Waals surface area contributed by atoms with Crippen LogP contribution in [0.1, 0.15) is 10.4 Å². The van der Waals surface area contributed by atoms with E-state index in [2.05, 4.69) is 0 Å². The summed E-state index contributed by atoms with van der Waals surface area (Å²) >= 11 is 11.8. The summed E-state index contributed by atoms with van der Waals surface area (Å²) in [5.74, 6) is -2.43. The van der Waals surface area contributed by atoms with Gasteiger partial charge in [-0.2, -0.15) is 0 Å². The van der Waals surface area contributed by atoms with Gasteiger partial charge in [0.05, 0.1) is 21.3 Å². The summed E-state index contributed by atoms with van der Waals surface area (Å²) in [5.41, 5.74) is -0.154. The number of carboxylic acid groups (broad SMARTS) is 1. The molecule has 2 rings (SSSR count). The van der Waals surface area contributed by atoms with E-state index in [0.29, 0.717) is 0 Å². The highest BCUT2D eigenvalue weighted by Gasteiger charge is 2.31. The monoisotopic (exact) mass is 303 g/mol. The molecule has 1 fully saturated rings. The number of carbonyl (C=O) groups excluding carboxylic acids is 2. The number of benzene rings is 1. The molecule has 0 aromatic heterocycles. The first kappa shape index (κ1) is 13.8. The van der Waals surface area contributed by atoms with E-state index in [0.717, 1.165) is 17.0 Å². The molecule has 1 N–H and O–H groups in total. The first-order chi connectivity index (χ1) is 8.91. The van der Waals surface area contributed by atoms with Crippen molar-refractivity contribution in [2.45, 2.75) is 0 Å². The van der Waals surface area contributed by atoms with Crippen LogP contribution in [-0.2, 0) is 14.3 Å². The van der Waals surface area contributed by atoms with Gasteiger partial charge in [-0.05, 0) is 12.1 Å². The van der Waals surface area contributed by atoms with Crippen molar-refractivity contribution >= 4 is 46.7 Å². The Bertz CT molecular complexity index is 547. The van der Waals surface area contributed by atoms with Crippen molar-refractivity contribution in [2.75, 3.05) is 18.1 Å². The molecule has 8 heteroatoms. The van der Waals surface area contributed by atoms with Crippen LogP contribution in [0.3, 0.4) is 0 Å². The molecule has 0 saturated carbocycles. The molecule has 0 atom stereocenters. The summed E-state index contributed by atoms with van der Waals surface area (Å²) < 4.78 is 4.77. The van der Waals surface area contributed by atoms with Crippen molar-refractivity contribution in [3.8, 4) is 0 Å². The van der Waals surface area contributed by atoms with Crippen LogP contribution in [0.25, 0.3) is 0 Å². The summed E-state index contributed by atoms with van der Waals surface area (Å²) in [6, 6.07) is 2.25. The van der Waals surface area contributed by atoms with Gasteiger partial charge >= 0.3 is 5.97 Å². The third-order valence-corrected chi connectivity index (χ3v) is 3.01. The second-order valence-corrected chi connectivity index (χ2v) is 4.52. The molecular formula is C11H7Cl2NO5. The zero-order valence-electron chi connectivity index (χ0n) is 9.35. The van der Waals surface area contributed by atoms with E-state index in [4.69, 9.17) is 33.0 Å². The number of carboxylic acids is 1. The molecule has 1 aliphatic rings. The normalized spacial score (nSPS) is 15.8. The fourth-order valence-corrected chi connectivity index (χ4v) is 2.30.